The van der Waals surface area contributed by atoms with Crippen LogP contribution >= 0.6 is 0 Å². The van der Waals surface area contributed by atoms with E-state index in [9.17, 15) is 9.59 Å². The van der Waals surface area contributed by atoms with Crippen LogP contribution in [0.15, 0.2) is 97.1 Å². The second-order valence-electron chi connectivity index (χ2n) is 15.2. The third kappa shape index (κ3) is 17.3. The van der Waals surface area contributed by atoms with Gasteiger partial charge in [0, 0.05) is 19.3 Å². The lowest BCUT2D eigenvalue weighted by molar-refractivity contribution is -0.132. The van der Waals surface area contributed by atoms with E-state index in [1.54, 1.807) is 14.2 Å². The molecule has 319 valence electrons. The summed E-state index contributed by atoms with van der Waals surface area (Å²) in [6, 6.07) is 33.6. The van der Waals surface area contributed by atoms with Gasteiger partial charge in [0.15, 0.2) is 17.4 Å². The Morgan fingerprint density at radius 1 is 0.638 bits per heavy atom. The molecule has 0 spiro atoms. The summed E-state index contributed by atoms with van der Waals surface area (Å²) in [6.07, 6.45) is 11.7. The summed E-state index contributed by atoms with van der Waals surface area (Å²) in [6.45, 7) is 14.0. The topological polar surface area (TPSA) is 80.3 Å². The zero-order valence-electron chi connectivity index (χ0n) is 35.4. The molecule has 1 saturated carbocycles. The van der Waals surface area contributed by atoms with Crippen molar-refractivity contribution < 1.29 is 32.7 Å². The first-order valence-electron chi connectivity index (χ1n) is 20.1. The molecular formula is C49H73O7Si2. The van der Waals surface area contributed by atoms with Crippen LogP contribution in [0.2, 0.25) is 32.2 Å². The fourth-order valence-corrected chi connectivity index (χ4v) is 13.2. The molecule has 4 aromatic carbocycles. The number of aryl methyl sites for hydroxylation is 2. The molecule has 1 fully saturated rings. The number of esters is 2. The average molecular weight is 830 g/mol. The number of carbonyl (C=O) groups is 2. The van der Waals surface area contributed by atoms with E-state index in [4.69, 9.17) is 23.1 Å². The van der Waals surface area contributed by atoms with E-state index in [1.165, 1.54) is 62.6 Å². The molecule has 4 aromatic rings. The van der Waals surface area contributed by atoms with Crippen molar-refractivity contribution in [3.63, 3.8) is 0 Å². The standard InChI is InChI=1S/C21H24O3.C15H25O3Si2.C11H16O.2CH4/c1-16(22)24-20-12-8-18(9-13-20)21(14-4-3-5-15-21)17-6-10-19(23-2)11-7-17;1-13(16)17-15-11-7-6-9-14(15)10-8-12-20(4,5)18-19(2)3;1-3-4-7-10-8-5-6-9-11(10)12-2;;/h6-13H,3-5,14-15H2,1-2H3;6-7,9,11H,8,10,12H2,1-5H3;5-6,8-9H,3-4,7H2,1-2H3;2*1H4. The van der Waals surface area contributed by atoms with Crippen molar-refractivity contribution in [2.24, 2.45) is 0 Å². The number of benzene rings is 4. The van der Waals surface area contributed by atoms with E-state index in [-0.39, 0.29) is 32.2 Å². The van der Waals surface area contributed by atoms with Gasteiger partial charge in [-0.1, -0.05) is 108 Å². The van der Waals surface area contributed by atoms with Crippen LogP contribution in [0.4, 0.5) is 0 Å². The van der Waals surface area contributed by atoms with Crippen molar-refractivity contribution in [2.75, 3.05) is 14.2 Å². The summed E-state index contributed by atoms with van der Waals surface area (Å²) in [5.74, 6) is 2.65. The lowest BCUT2D eigenvalue weighted by atomic mass is 9.65. The summed E-state index contributed by atoms with van der Waals surface area (Å²) < 4.78 is 27.1. The fourth-order valence-electron chi connectivity index (χ4n) is 7.37. The molecule has 0 aromatic heterocycles. The summed E-state index contributed by atoms with van der Waals surface area (Å²) >= 11 is 0. The lowest BCUT2D eigenvalue weighted by Crippen LogP contribution is -2.35. The molecule has 0 amide bonds. The molecule has 0 bridgehead atoms. The smallest absolute Gasteiger partial charge is 0.308 e. The summed E-state index contributed by atoms with van der Waals surface area (Å²) in [5, 5.41) is 0. The van der Waals surface area contributed by atoms with Crippen molar-refractivity contribution in [3.05, 3.63) is 119 Å². The third-order valence-electron chi connectivity index (χ3n) is 9.94. The molecule has 0 unspecified atom stereocenters. The first-order valence-corrected chi connectivity index (χ1v) is 25.7. The van der Waals surface area contributed by atoms with Crippen LogP contribution in [0.5, 0.6) is 23.0 Å². The van der Waals surface area contributed by atoms with Gasteiger partial charge in [0.25, 0.3) is 0 Å². The number of para-hydroxylation sites is 2. The van der Waals surface area contributed by atoms with Gasteiger partial charge in [0.1, 0.15) is 23.0 Å². The largest absolute Gasteiger partial charge is 0.497 e. The number of hydrogen-bond acceptors (Lipinski definition) is 7. The second kappa shape index (κ2) is 26.7. The zero-order valence-corrected chi connectivity index (χ0v) is 37.4. The SMILES string of the molecule is C.C.CC(=O)Oc1ccccc1CCC[Si](C)(C)O[Si](C)C.CCCCc1ccccc1OC.COc1ccc(C2(c3ccc(OC(C)=O)cc3)CCCCC2)cc1. The maximum absolute atomic E-state index is 11.1. The minimum absolute atomic E-state index is 0. The van der Waals surface area contributed by atoms with Crippen LogP contribution < -0.4 is 18.9 Å². The molecule has 7 nitrogen and oxygen atoms in total. The van der Waals surface area contributed by atoms with E-state index in [2.05, 4.69) is 69.5 Å². The second-order valence-corrected chi connectivity index (χ2v) is 21.9. The average Bonchev–Trinajstić information content (AvgIpc) is 3.18. The summed E-state index contributed by atoms with van der Waals surface area (Å²) in [5.41, 5.74) is 5.10. The predicted octanol–water partition coefficient (Wildman–Crippen LogP) is 13.2. The lowest BCUT2D eigenvalue weighted by Gasteiger charge is -2.38. The Morgan fingerprint density at radius 3 is 1.60 bits per heavy atom. The van der Waals surface area contributed by atoms with Crippen LogP contribution in [0.25, 0.3) is 0 Å². The normalized spacial score (nSPS) is 12.9. The molecule has 0 atom stereocenters. The van der Waals surface area contributed by atoms with Gasteiger partial charge in [-0.2, -0.15) is 0 Å². The molecule has 5 rings (SSSR count). The number of rotatable bonds is 15. The van der Waals surface area contributed by atoms with Gasteiger partial charge in [-0.25, -0.2) is 0 Å². The quantitative estimate of drug-likeness (QED) is 0.0670. The first-order chi connectivity index (χ1) is 26.8. The molecule has 9 heteroatoms. The number of unbranched alkanes of at least 4 members (excludes halogenated alkanes) is 1. The van der Waals surface area contributed by atoms with Crippen molar-refractivity contribution in [1.82, 2.24) is 0 Å². The maximum atomic E-state index is 11.1. The highest BCUT2D eigenvalue weighted by atomic mass is 28.4. The molecule has 0 saturated heterocycles. The Labute approximate surface area is 354 Å². The molecule has 58 heavy (non-hydrogen) atoms. The van der Waals surface area contributed by atoms with Crippen molar-refractivity contribution in [3.8, 4) is 23.0 Å². The monoisotopic (exact) mass is 829 g/mol. The Balaban J connectivity index is 0.000000450. The number of ether oxygens (including phenoxy) is 4. The molecule has 0 N–H and O–H groups in total. The summed E-state index contributed by atoms with van der Waals surface area (Å²) in [7, 11) is 1.27. The number of hydrogen-bond donors (Lipinski definition) is 0. The van der Waals surface area contributed by atoms with Crippen LogP contribution in [0.3, 0.4) is 0 Å². The van der Waals surface area contributed by atoms with Crippen LogP contribution in [-0.4, -0.2) is 43.5 Å². The first kappa shape index (κ1) is 51.8. The Hall–Kier alpha value is -4.19. The van der Waals surface area contributed by atoms with Gasteiger partial charge in [0.2, 0.25) is 0 Å². The molecule has 0 heterocycles. The van der Waals surface area contributed by atoms with Crippen LogP contribution in [-0.2, 0) is 32.0 Å². The predicted molar refractivity (Wildman–Crippen MR) is 247 cm³/mol. The van der Waals surface area contributed by atoms with E-state index in [0.29, 0.717) is 11.5 Å². The zero-order chi connectivity index (χ0) is 41.0. The minimum Gasteiger partial charge on any atom is -0.497 e. The van der Waals surface area contributed by atoms with Crippen molar-refractivity contribution in [1.29, 1.82) is 0 Å². The van der Waals surface area contributed by atoms with Crippen molar-refractivity contribution >= 4 is 29.3 Å². The van der Waals surface area contributed by atoms with Gasteiger partial charge in [-0.3, -0.25) is 9.59 Å². The summed E-state index contributed by atoms with van der Waals surface area (Å²) in [4.78, 5) is 22.2. The Kier molecular flexibility index (Phi) is 23.9. The molecular weight excluding hydrogens is 757 g/mol. The Morgan fingerprint density at radius 2 is 1.12 bits per heavy atom. The van der Waals surface area contributed by atoms with Crippen LogP contribution in [0.1, 0.15) is 109 Å². The van der Waals surface area contributed by atoms with Gasteiger partial charge >= 0.3 is 11.9 Å². The van der Waals surface area contributed by atoms with Gasteiger partial charge in [0.05, 0.1) is 14.2 Å². The van der Waals surface area contributed by atoms with Gasteiger partial charge in [-0.05, 0) is 129 Å². The van der Waals surface area contributed by atoms with E-state index in [0.717, 1.165) is 55.2 Å². The molecule has 1 aliphatic rings. The fraction of sp³-hybridized carbons (Fsp3) is 0.469. The maximum Gasteiger partial charge on any atom is 0.308 e. The van der Waals surface area contributed by atoms with E-state index >= 15 is 0 Å². The van der Waals surface area contributed by atoms with E-state index in [1.807, 2.05) is 60.7 Å². The van der Waals surface area contributed by atoms with E-state index < -0.39 is 17.4 Å². The third-order valence-corrected chi connectivity index (χ3v) is 15.3. The van der Waals surface area contributed by atoms with Crippen LogP contribution in [0, 0.1) is 0 Å². The number of methoxy groups -OCH3 is 2. The molecule has 1 aliphatic carbocycles. The highest BCUT2D eigenvalue weighted by molar-refractivity contribution is 6.77. The van der Waals surface area contributed by atoms with Gasteiger partial charge < -0.3 is 23.1 Å². The molecule has 0 aliphatic heterocycles. The van der Waals surface area contributed by atoms with Gasteiger partial charge in [-0.15, -0.1) is 0 Å². The molecule has 1 radical (unpaired) electrons. The van der Waals surface area contributed by atoms with Crippen molar-refractivity contribution in [2.45, 2.75) is 137 Å². The minimum atomic E-state index is -1.53. The Bertz CT molecular complexity index is 1750. The number of carbonyl (C=O) groups excluding carboxylic acids is 2. The highest BCUT2D eigenvalue weighted by Gasteiger charge is 2.35. The highest BCUT2D eigenvalue weighted by Crippen LogP contribution is 2.45.